The first-order valence-corrected chi connectivity index (χ1v) is 9.18. The molecule has 5 N–H and O–H groups in total. The van der Waals surface area contributed by atoms with Gasteiger partial charge in [-0.25, -0.2) is 18.2 Å². The van der Waals surface area contributed by atoms with E-state index in [9.17, 15) is 23.1 Å². The zero-order valence-electron chi connectivity index (χ0n) is 15.6. The lowest BCUT2D eigenvalue weighted by molar-refractivity contribution is -0.123. The molecule has 1 amide bonds. The fourth-order valence-corrected chi connectivity index (χ4v) is 3.74. The highest BCUT2D eigenvalue weighted by atomic mass is 19.2. The second-order valence-electron chi connectivity index (χ2n) is 7.87. The van der Waals surface area contributed by atoms with Crippen LogP contribution in [0, 0.1) is 23.4 Å². The summed E-state index contributed by atoms with van der Waals surface area (Å²) in [5.74, 6) is -4.48. The summed E-state index contributed by atoms with van der Waals surface area (Å²) in [5.41, 5.74) is 8.50. The third-order valence-corrected chi connectivity index (χ3v) is 5.89. The van der Waals surface area contributed by atoms with Crippen LogP contribution < -0.4 is 16.2 Å². The van der Waals surface area contributed by atoms with E-state index in [1.807, 2.05) is 0 Å². The predicted octanol–water partition coefficient (Wildman–Crippen LogP) is 1.86. The number of carbonyl (C=O) groups is 1. The van der Waals surface area contributed by atoms with Gasteiger partial charge in [-0.2, -0.15) is 0 Å². The monoisotopic (exact) mass is 407 g/mol. The maximum Gasteiger partial charge on any atom is 0.231 e. The third-order valence-electron chi connectivity index (χ3n) is 5.89. The Bertz CT molecular complexity index is 1030. The molecule has 1 aliphatic carbocycles. The Morgan fingerprint density at radius 2 is 1.93 bits per heavy atom. The van der Waals surface area contributed by atoms with Gasteiger partial charge in [-0.1, -0.05) is 0 Å². The van der Waals surface area contributed by atoms with E-state index in [4.69, 9.17) is 16.2 Å². The van der Waals surface area contributed by atoms with Gasteiger partial charge >= 0.3 is 0 Å². The molecule has 29 heavy (non-hydrogen) atoms. The maximum absolute atomic E-state index is 14.5. The number of aromatic nitrogens is 1. The molecule has 1 aliphatic heterocycles. The maximum atomic E-state index is 14.5. The van der Waals surface area contributed by atoms with Gasteiger partial charge in [0.1, 0.15) is 34.9 Å². The fraction of sp³-hybridized carbons (Fsp3) is 0.400. The molecular weight excluding hydrogens is 387 g/mol. The van der Waals surface area contributed by atoms with Crippen molar-refractivity contribution in [1.29, 1.82) is 0 Å². The standard InChI is InChI=1S/C20H20F3N3O3/c1-19(18(25)27)8-29-17-11(19)5-15(20(28,7-24)9-2-3-9)26-16(17)10-4-13(22)14(23)6-12(10)21/h4-6,9,28H,2-3,7-8,24H2,1H3,(H2,25,27)/t19-,20?/m0/s1. The lowest BCUT2D eigenvalue weighted by Gasteiger charge is -2.28. The molecule has 2 aromatic rings. The minimum Gasteiger partial charge on any atom is -0.489 e. The van der Waals surface area contributed by atoms with Crippen LogP contribution in [0.25, 0.3) is 11.3 Å². The van der Waals surface area contributed by atoms with Crippen molar-refractivity contribution >= 4 is 5.91 Å². The largest absolute Gasteiger partial charge is 0.489 e. The van der Waals surface area contributed by atoms with Crippen LogP contribution in [0.15, 0.2) is 18.2 Å². The molecule has 154 valence electrons. The van der Waals surface area contributed by atoms with Crippen molar-refractivity contribution in [1.82, 2.24) is 4.98 Å². The Morgan fingerprint density at radius 3 is 2.52 bits per heavy atom. The Hall–Kier alpha value is -2.65. The minimum atomic E-state index is -1.51. The summed E-state index contributed by atoms with van der Waals surface area (Å²) in [6.45, 7) is 1.26. The molecule has 9 heteroatoms. The van der Waals surface area contributed by atoms with E-state index in [0.29, 0.717) is 17.7 Å². The number of halogens is 3. The van der Waals surface area contributed by atoms with Crippen LogP contribution in [0.1, 0.15) is 31.0 Å². The lowest BCUT2D eigenvalue weighted by atomic mass is 9.81. The fourth-order valence-electron chi connectivity index (χ4n) is 3.74. The van der Waals surface area contributed by atoms with E-state index in [1.54, 1.807) is 6.92 Å². The van der Waals surface area contributed by atoms with Crippen LogP contribution in [0.4, 0.5) is 13.2 Å². The van der Waals surface area contributed by atoms with E-state index < -0.39 is 34.4 Å². The molecule has 2 heterocycles. The summed E-state index contributed by atoms with van der Waals surface area (Å²) in [6, 6.07) is 2.56. The summed E-state index contributed by atoms with van der Waals surface area (Å²) in [5, 5.41) is 11.1. The average molecular weight is 407 g/mol. The molecule has 1 aromatic carbocycles. The van der Waals surface area contributed by atoms with Crippen LogP contribution in [-0.2, 0) is 15.8 Å². The summed E-state index contributed by atoms with van der Waals surface area (Å²) in [4.78, 5) is 16.5. The molecule has 0 saturated heterocycles. The van der Waals surface area contributed by atoms with Crippen LogP contribution in [0.5, 0.6) is 5.75 Å². The second kappa shape index (κ2) is 6.43. The number of rotatable bonds is 5. The van der Waals surface area contributed by atoms with E-state index in [-0.39, 0.29) is 41.8 Å². The van der Waals surface area contributed by atoms with Crippen molar-refractivity contribution in [2.75, 3.05) is 13.2 Å². The van der Waals surface area contributed by atoms with Crippen molar-refractivity contribution in [3.05, 3.63) is 46.9 Å². The summed E-state index contributed by atoms with van der Waals surface area (Å²) in [6.07, 6.45) is 1.45. The number of amides is 1. The molecule has 6 nitrogen and oxygen atoms in total. The van der Waals surface area contributed by atoms with Crippen LogP contribution in [0.3, 0.4) is 0 Å². The number of nitrogens with zero attached hydrogens (tertiary/aromatic N) is 1. The summed E-state index contributed by atoms with van der Waals surface area (Å²) in [7, 11) is 0. The summed E-state index contributed by atoms with van der Waals surface area (Å²) < 4.78 is 47.4. The van der Waals surface area contributed by atoms with E-state index >= 15 is 0 Å². The van der Waals surface area contributed by atoms with Gasteiger partial charge in [-0.05, 0) is 37.8 Å². The molecule has 2 aliphatic rings. The molecular formula is C20H20F3N3O3. The van der Waals surface area contributed by atoms with Crippen LogP contribution in [0.2, 0.25) is 0 Å². The SMILES string of the molecule is C[C@]1(C(N)=O)COc2c1cc(C(O)(CN)C1CC1)nc2-c1cc(F)c(F)cc1F. The highest BCUT2D eigenvalue weighted by Gasteiger charge is 2.49. The zero-order chi connectivity index (χ0) is 21.1. The smallest absolute Gasteiger partial charge is 0.231 e. The number of hydrogen-bond acceptors (Lipinski definition) is 5. The number of nitrogens with two attached hydrogens (primary N) is 2. The average Bonchev–Trinajstić information content (AvgIpc) is 3.48. The molecule has 1 saturated carbocycles. The van der Waals surface area contributed by atoms with E-state index in [1.165, 1.54) is 6.07 Å². The van der Waals surface area contributed by atoms with E-state index in [0.717, 1.165) is 12.8 Å². The van der Waals surface area contributed by atoms with Crippen molar-refractivity contribution in [3.63, 3.8) is 0 Å². The molecule has 1 aromatic heterocycles. The first-order valence-electron chi connectivity index (χ1n) is 9.18. The first kappa shape index (κ1) is 19.7. The van der Waals surface area contributed by atoms with Gasteiger partial charge in [0.25, 0.3) is 0 Å². The van der Waals surface area contributed by atoms with Crippen molar-refractivity contribution in [3.8, 4) is 17.0 Å². The lowest BCUT2D eigenvalue weighted by Crippen LogP contribution is -2.41. The number of fused-ring (bicyclic) bond motifs is 1. The van der Waals surface area contributed by atoms with Gasteiger partial charge in [0.05, 0.1) is 5.69 Å². The topological polar surface area (TPSA) is 111 Å². The molecule has 0 spiro atoms. The highest BCUT2D eigenvalue weighted by molar-refractivity contribution is 5.90. The number of pyridine rings is 1. The second-order valence-corrected chi connectivity index (χ2v) is 7.87. The Balaban J connectivity index is 2.02. The molecule has 1 fully saturated rings. The van der Waals surface area contributed by atoms with Gasteiger partial charge in [0.2, 0.25) is 5.91 Å². The van der Waals surface area contributed by atoms with Gasteiger partial charge in [0.15, 0.2) is 11.6 Å². The Labute approximate surface area is 164 Å². The molecule has 1 unspecified atom stereocenters. The molecule has 0 radical (unpaired) electrons. The zero-order valence-corrected chi connectivity index (χ0v) is 15.6. The first-order chi connectivity index (χ1) is 13.6. The Morgan fingerprint density at radius 1 is 1.28 bits per heavy atom. The normalized spacial score (nSPS) is 22.7. The van der Waals surface area contributed by atoms with Crippen molar-refractivity contribution < 1.29 is 27.8 Å². The number of carbonyl (C=O) groups excluding carboxylic acids is 1. The highest BCUT2D eigenvalue weighted by Crippen LogP contribution is 2.50. The van der Waals surface area contributed by atoms with Gasteiger partial charge in [-0.3, -0.25) is 4.79 Å². The van der Waals surface area contributed by atoms with Gasteiger partial charge in [-0.15, -0.1) is 0 Å². The van der Waals surface area contributed by atoms with Crippen LogP contribution >= 0.6 is 0 Å². The van der Waals surface area contributed by atoms with E-state index in [2.05, 4.69) is 4.98 Å². The number of hydrogen-bond donors (Lipinski definition) is 3. The predicted molar refractivity (Wildman–Crippen MR) is 97.3 cm³/mol. The van der Waals surface area contributed by atoms with Crippen molar-refractivity contribution in [2.45, 2.75) is 30.8 Å². The number of benzene rings is 1. The molecule has 2 atom stereocenters. The van der Waals surface area contributed by atoms with Gasteiger partial charge in [0, 0.05) is 23.7 Å². The molecule has 4 rings (SSSR count). The van der Waals surface area contributed by atoms with Crippen molar-refractivity contribution in [2.24, 2.45) is 17.4 Å². The third kappa shape index (κ3) is 2.87. The summed E-state index contributed by atoms with van der Waals surface area (Å²) >= 11 is 0. The quantitative estimate of drug-likeness (QED) is 0.655. The van der Waals surface area contributed by atoms with Crippen LogP contribution in [-0.4, -0.2) is 29.1 Å². The number of aliphatic hydroxyl groups is 1. The minimum absolute atomic E-state index is 0.0372. The number of ether oxygens (including phenoxy) is 1. The Kier molecular flexibility index (Phi) is 4.36. The van der Waals surface area contributed by atoms with Gasteiger partial charge < -0.3 is 21.3 Å². The molecule has 0 bridgehead atoms. The number of primary amides is 1.